The first-order chi connectivity index (χ1) is 13.4. The van der Waals surface area contributed by atoms with Gasteiger partial charge in [0.1, 0.15) is 17.3 Å². The molecular weight excluding hydrogens is 420 g/mol. The lowest BCUT2D eigenvalue weighted by Crippen LogP contribution is -2.29. The third-order valence-corrected chi connectivity index (χ3v) is 6.73. The van der Waals surface area contributed by atoms with Crippen LogP contribution in [0.3, 0.4) is 0 Å². The van der Waals surface area contributed by atoms with Crippen molar-refractivity contribution in [2.75, 3.05) is 0 Å². The molecule has 2 saturated heterocycles. The summed E-state index contributed by atoms with van der Waals surface area (Å²) in [7, 11) is 0. The number of aliphatic hydroxyl groups excluding tert-OH is 1. The molecule has 2 aromatic rings. The van der Waals surface area contributed by atoms with Gasteiger partial charge in [-0.3, -0.25) is 4.79 Å². The summed E-state index contributed by atoms with van der Waals surface area (Å²) in [6.07, 6.45) is 1.78. The van der Waals surface area contributed by atoms with Crippen molar-refractivity contribution in [1.82, 2.24) is 0 Å². The number of benzene rings is 2. The van der Waals surface area contributed by atoms with Gasteiger partial charge in [0, 0.05) is 4.47 Å². The molecule has 0 saturated carbocycles. The SMILES string of the molecule is Cc1cc(Oc2ccc(Br)cc2)cc(C)c1C1=C(O)[C@H]2[C@@H](C1=O)[C@@H]1CC[C@H]2O1. The van der Waals surface area contributed by atoms with E-state index in [9.17, 15) is 9.90 Å². The predicted molar refractivity (Wildman–Crippen MR) is 110 cm³/mol. The van der Waals surface area contributed by atoms with Crippen LogP contribution in [0.25, 0.3) is 5.57 Å². The molecule has 28 heavy (non-hydrogen) atoms. The monoisotopic (exact) mass is 440 g/mol. The Balaban J connectivity index is 1.51. The fraction of sp³-hybridized carbons (Fsp3) is 0.348. The Hall–Kier alpha value is -2.11. The van der Waals surface area contributed by atoms with Crippen LogP contribution < -0.4 is 4.74 Å². The first-order valence-corrected chi connectivity index (χ1v) is 10.4. The molecule has 0 aromatic heterocycles. The van der Waals surface area contributed by atoms with Crippen LogP contribution in [0.4, 0.5) is 0 Å². The minimum Gasteiger partial charge on any atom is -0.511 e. The molecule has 2 aromatic carbocycles. The second kappa shape index (κ2) is 6.46. The van der Waals surface area contributed by atoms with Gasteiger partial charge in [-0.25, -0.2) is 0 Å². The average molecular weight is 441 g/mol. The zero-order valence-electron chi connectivity index (χ0n) is 15.7. The number of fused-ring (bicyclic) bond motifs is 5. The van der Waals surface area contributed by atoms with E-state index in [2.05, 4.69) is 15.9 Å². The molecule has 4 nitrogen and oxygen atoms in total. The number of aliphatic hydroxyl groups is 1. The molecule has 2 aliphatic heterocycles. The van der Waals surface area contributed by atoms with Crippen LogP contribution >= 0.6 is 15.9 Å². The van der Waals surface area contributed by atoms with E-state index in [1.807, 2.05) is 50.2 Å². The van der Waals surface area contributed by atoms with Gasteiger partial charge < -0.3 is 14.6 Å². The number of ether oxygens (including phenoxy) is 2. The fourth-order valence-electron chi connectivity index (χ4n) is 5.08. The maximum atomic E-state index is 13.2. The molecular formula is C23H21BrO4. The van der Waals surface area contributed by atoms with Gasteiger partial charge in [0.15, 0.2) is 5.78 Å². The Morgan fingerprint density at radius 1 is 1.00 bits per heavy atom. The van der Waals surface area contributed by atoms with Gasteiger partial charge in [0.05, 0.1) is 29.6 Å². The minimum atomic E-state index is -0.216. The van der Waals surface area contributed by atoms with Crippen LogP contribution in [-0.2, 0) is 9.53 Å². The first-order valence-electron chi connectivity index (χ1n) is 9.62. The molecule has 2 fully saturated rings. The van der Waals surface area contributed by atoms with E-state index in [0.29, 0.717) is 5.57 Å². The molecule has 0 amide bonds. The minimum absolute atomic E-state index is 0.0166. The summed E-state index contributed by atoms with van der Waals surface area (Å²) < 4.78 is 12.9. The lowest BCUT2D eigenvalue weighted by atomic mass is 9.80. The molecule has 1 N–H and O–H groups in total. The van der Waals surface area contributed by atoms with Crippen molar-refractivity contribution in [2.45, 2.75) is 38.9 Å². The van der Waals surface area contributed by atoms with Crippen LogP contribution in [0.5, 0.6) is 11.5 Å². The number of aryl methyl sites for hydroxylation is 2. The van der Waals surface area contributed by atoms with Gasteiger partial charge in [-0.1, -0.05) is 15.9 Å². The number of carbonyl (C=O) groups is 1. The molecule has 144 valence electrons. The number of allylic oxidation sites excluding steroid dienone is 1. The highest BCUT2D eigenvalue weighted by atomic mass is 79.9. The van der Waals surface area contributed by atoms with Crippen molar-refractivity contribution < 1.29 is 19.4 Å². The third kappa shape index (κ3) is 2.64. The topological polar surface area (TPSA) is 55.8 Å². The number of hydrogen-bond donors (Lipinski definition) is 1. The molecule has 5 heteroatoms. The first kappa shape index (κ1) is 18.0. The normalized spacial score (nSPS) is 28.2. The highest BCUT2D eigenvalue weighted by Gasteiger charge is 2.59. The van der Waals surface area contributed by atoms with Crippen LogP contribution in [0, 0.1) is 25.7 Å². The zero-order chi connectivity index (χ0) is 19.6. The van der Waals surface area contributed by atoms with Crippen LogP contribution in [-0.4, -0.2) is 23.1 Å². The van der Waals surface area contributed by atoms with Gasteiger partial charge in [0.2, 0.25) is 0 Å². The zero-order valence-corrected chi connectivity index (χ0v) is 17.3. The Bertz CT molecular complexity index is 985. The summed E-state index contributed by atoms with van der Waals surface area (Å²) in [4.78, 5) is 13.2. The van der Waals surface area contributed by atoms with E-state index in [0.717, 1.165) is 45.5 Å². The summed E-state index contributed by atoms with van der Waals surface area (Å²) in [5, 5.41) is 10.9. The summed E-state index contributed by atoms with van der Waals surface area (Å²) in [5.41, 5.74) is 3.17. The van der Waals surface area contributed by atoms with E-state index in [1.165, 1.54) is 0 Å². The summed E-state index contributed by atoms with van der Waals surface area (Å²) in [6.45, 7) is 3.92. The van der Waals surface area contributed by atoms with Crippen LogP contribution in [0.2, 0.25) is 0 Å². The van der Waals surface area contributed by atoms with E-state index >= 15 is 0 Å². The number of Topliss-reactive ketones (excluding diaryl/α,β-unsaturated/α-hetero) is 1. The van der Waals surface area contributed by atoms with E-state index in [4.69, 9.17) is 9.47 Å². The third-order valence-electron chi connectivity index (χ3n) is 6.20. The summed E-state index contributed by atoms with van der Waals surface area (Å²) in [5.74, 6) is 1.33. The quantitative estimate of drug-likeness (QED) is 0.683. The molecule has 1 aliphatic carbocycles. The molecule has 4 atom stereocenters. The second-order valence-electron chi connectivity index (χ2n) is 7.95. The highest BCUT2D eigenvalue weighted by molar-refractivity contribution is 9.10. The van der Waals surface area contributed by atoms with Gasteiger partial charge in [-0.2, -0.15) is 0 Å². The highest BCUT2D eigenvalue weighted by Crippen LogP contribution is 2.54. The molecule has 0 spiro atoms. The number of hydrogen-bond acceptors (Lipinski definition) is 4. The Morgan fingerprint density at radius 3 is 2.21 bits per heavy atom. The maximum absolute atomic E-state index is 13.2. The molecule has 5 rings (SSSR count). The van der Waals surface area contributed by atoms with Crippen molar-refractivity contribution in [3.8, 4) is 11.5 Å². The summed E-state index contributed by atoms with van der Waals surface area (Å²) >= 11 is 3.42. The lowest BCUT2D eigenvalue weighted by Gasteiger charge is -2.19. The number of carbonyl (C=O) groups excluding carboxylic acids is 1. The van der Waals surface area contributed by atoms with E-state index in [1.54, 1.807) is 0 Å². The van der Waals surface area contributed by atoms with Gasteiger partial charge in [-0.15, -0.1) is 0 Å². The summed E-state index contributed by atoms with van der Waals surface area (Å²) in [6, 6.07) is 11.5. The molecule has 3 aliphatic rings. The molecule has 2 bridgehead atoms. The van der Waals surface area contributed by atoms with Crippen molar-refractivity contribution in [2.24, 2.45) is 11.8 Å². The lowest BCUT2D eigenvalue weighted by molar-refractivity contribution is -0.118. The van der Waals surface area contributed by atoms with Crippen LogP contribution in [0.1, 0.15) is 29.5 Å². The van der Waals surface area contributed by atoms with E-state index in [-0.39, 0.29) is 35.6 Å². The molecule has 0 unspecified atom stereocenters. The average Bonchev–Trinajstić information content (AvgIpc) is 3.33. The Labute approximate surface area is 172 Å². The largest absolute Gasteiger partial charge is 0.511 e. The van der Waals surface area contributed by atoms with Crippen molar-refractivity contribution >= 4 is 27.3 Å². The van der Waals surface area contributed by atoms with Gasteiger partial charge in [-0.05, 0) is 79.8 Å². The molecule has 2 heterocycles. The standard InChI is InChI=1S/C23H21BrO4/c1-11-9-15(27-14-5-3-13(24)4-6-14)10-12(2)18(11)21-22(25)19-16-7-8-17(28-16)20(19)23(21)26/h3-6,9-10,16-17,19-20,25H,7-8H2,1-2H3/t16-,17+,19-,20+/m1/s1. The van der Waals surface area contributed by atoms with Crippen molar-refractivity contribution in [3.05, 3.63) is 63.3 Å². The van der Waals surface area contributed by atoms with E-state index < -0.39 is 0 Å². The number of ketones is 1. The molecule has 0 radical (unpaired) electrons. The number of halogens is 1. The Morgan fingerprint density at radius 2 is 1.61 bits per heavy atom. The Kier molecular flexibility index (Phi) is 4.14. The van der Waals surface area contributed by atoms with Crippen molar-refractivity contribution in [1.29, 1.82) is 0 Å². The van der Waals surface area contributed by atoms with Gasteiger partial charge >= 0.3 is 0 Å². The van der Waals surface area contributed by atoms with Crippen molar-refractivity contribution in [3.63, 3.8) is 0 Å². The number of rotatable bonds is 3. The smallest absolute Gasteiger partial charge is 0.173 e. The van der Waals surface area contributed by atoms with Gasteiger partial charge in [0.25, 0.3) is 0 Å². The fourth-order valence-corrected chi connectivity index (χ4v) is 5.35. The predicted octanol–water partition coefficient (Wildman–Crippen LogP) is 5.50. The maximum Gasteiger partial charge on any atom is 0.173 e. The van der Waals surface area contributed by atoms with Crippen LogP contribution in [0.15, 0.2) is 46.6 Å². The second-order valence-corrected chi connectivity index (χ2v) is 8.87.